The van der Waals surface area contributed by atoms with E-state index < -0.39 is 0 Å². The van der Waals surface area contributed by atoms with Gasteiger partial charge in [-0.2, -0.15) is 5.10 Å². The topological polar surface area (TPSA) is 90.5 Å². The maximum Gasteiger partial charge on any atom is 0.258 e. The summed E-state index contributed by atoms with van der Waals surface area (Å²) in [6.45, 7) is 6.65. The van der Waals surface area contributed by atoms with Gasteiger partial charge in [-0.15, -0.1) is 0 Å². The number of aromatic nitrogens is 2. The summed E-state index contributed by atoms with van der Waals surface area (Å²) >= 11 is 0. The molecule has 0 radical (unpaired) electrons. The normalized spacial score (nSPS) is 16.0. The number of carbonyl (C=O) groups excluding carboxylic acids is 1. The summed E-state index contributed by atoms with van der Waals surface area (Å²) in [7, 11) is 0. The smallest absolute Gasteiger partial charge is 0.258 e. The van der Waals surface area contributed by atoms with Crippen LogP contribution in [0.2, 0.25) is 0 Å². The molecule has 1 amide bonds. The maximum atomic E-state index is 13.4. The number of ether oxygens (including phenoxy) is 1. The largest absolute Gasteiger partial charge is 0.507 e. The number of amides is 1. The Morgan fingerprint density at radius 3 is 2.79 bits per heavy atom. The van der Waals surface area contributed by atoms with E-state index in [4.69, 9.17) is 4.74 Å². The molecule has 0 spiro atoms. The molecule has 0 saturated heterocycles. The molecular weight excluding hydrogens is 428 g/mol. The molecule has 2 aliphatic rings. The monoisotopic (exact) mass is 462 g/mol. The molecule has 0 bridgehead atoms. The van der Waals surface area contributed by atoms with E-state index in [-0.39, 0.29) is 11.7 Å². The lowest BCUT2D eigenvalue weighted by molar-refractivity contribution is 0.0748. The van der Waals surface area contributed by atoms with Crippen molar-refractivity contribution in [3.05, 3.63) is 52.7 Å². The average Bonchev–Trinajstić information content (AvgIpc) is 3.56. The van der Waals surface area contributed by atoms with Gasteiger partial charge in [0.2, 0.25) is 0 Å². The van der Waals surface area contributed by atoms with Gasteiger partial charge < -0.3 is 20.1 Å². The highest BCUT2D eigenvalue weighted by Gasteiger charge is 2.27. The molecule has 1 saturated carbocycles. The summed E-state index contributed by atoms with van der Waals surface area (Å²) in [6.07, 6.45) is 5.97. The molecule has 3 N–H and O–H groups in total. The van der Waals surface area contributed by atoms with Gasteiger partial charge in [-0.05, 0) is 41.7 Å². The zero-order valence-corrected chi connectivity index (χ0v) is 20.1. The number of H-pyrrole nitrogens is 1. The Morgan fingerprint density at radius 2 is 2.00 bits per heavy atom. The van der Waals surface area contributed by atoms with E-state index in [9.17, 15) is 9.90 Å². The first-order valence-electron chi connectivity index (χ1n) is 12.4. The highest BCUT2D eigenvalue weighted by Crippen LogP contribution is 2.34. The predicted molar refractivity (Wildman–Crippen MR) is 132 cm³/mol. The van der Waals surface area contributed by atoms with Crippen LogP contribution in [0.15, 0.2) is 30.3 Å². The molecule has 0 atom stereocenters. The van der Waals surface area contributed by atoms with Gasteiger partial charge in [-0.25, -0.2) is 0 Å². The second-order valence-corrected chi connectivity index (χ2v) is 9.99. The van der Waals surface area contributed by atoms with Crippen molar-refractivity contribution < 1.29 is 14.6 Å². The molecule has 3 aromatic rings. The van der Waals surface area contributed by atoms with E-state index in [1.54, 1.807) is 11.0 Å². The molecule has 2 heterocycles. The minimum atomic E-state index is -0.160. The number of nitrogens with zero attached hydrogens (tertiary/aromatic N) is 2. The van der Waals surface area contributed by atoms with Gasteiger partial charge in [-0.3, -0.25) is 9.89 Å². The number of phenols is 1. The molecule has 7 nitrogen and oxygen atoms in total. The second-order valence-electron chi connectivity index (χ2n) is 9.99. The Bertz CT molecular complexity index is 1180. The first-order chi connectivity index (χ1) is 16.5. The fraction of sp³-hybridized carbons (Fsp3) is 0.481. The van der Waals surface area contributed by atoms with Crippen LogP contribution < -0.4 is 10.1 Å². The Labute approximate surface area is 200 Å². The van der Waals surface area contributed by atoms with Gasteiger partial charge in [-0.1, -0.05) is 45.6 Å². The fourth-order valence-electron chi connectivity index (χ4n) is 5.21. The summed E-state index contributed by atoms with van der Waals surface area (Å²) in [5, 5.41) is 22.4. The molecular formula is C27H34N4O3. The number of rotatable bonds is 8. The summed E-state index contributed by atoms with van der Waals surface area (Å²) in [6, 6.07) is 9.91. The maximum absolute atomic E-state index is 13.4. The third-order valence-corrected chi connectivity index (χ3v) is 7.06. The van der Waals surface area contributed by atoms with Crippen LogP contribution in [-0.4, -0.2) is 45.3 Å². The van der Waals surface area contributed by atoms with E-state index in [1.807, 2.05) is 24.3 Å². The van der Waals surface area contributed by atoms with E-state index >= 15 is 0 Å². The van der Waals surface area contributed by atoms with Crippen LogP contribution >= 0.6 is 0 Å². The van der Waals surface area contributed by atoms with E-state index in [0.29, 0.717) is 37.2 Å². The summed E-state index contributed by atoms with van der Waals surface area (Å²) in [5.41, 5.74) is 4.32. The Hall–Kier alpha value is -3.06. The van der Waals surface area contributed by atoms with Crippen molar-refractivity contribution >= 4 is 16.8 Å². The van der Waals surface area contributed by atoms with Gasteiger partial charge >= 0.3 is 0 Å². The summed E-state index contributed by atoms with van der Waals surface area (Å²) in [4.78, 5) is 15.2. The van der Waals surface area contributed by atoms with Gasteiger partial charge in [0, 0.05) is 37.1 Å². The van der Waals surface area contributed by atoms with Gasteiger partial charge in [0.05, 0.1) is 16.8 Å². The van der Waals surface area contributed by atoms with E-state index in [1.165, 1.54) is 25.7 Å². The molecule has 1 aliphatic heterocycles. The van der Waals surface area contributed by atoms with Crippen LogP contribution in [-0.2, 0) is 19.5 Å². The molecule has 1 aromatic heterocycles. The number of hydrogen-bond donors (Lipinski definition) is 3. The number of nitrogens with one attached hydrogen (secondary N) is 2. The Morgan fingerprint density at radius 1 is 1.21 bits per heavy atom. The average molecular weight is 463 g/mol. The number of fused-ring (bicyclic) bond motifs is 2. The third-order valence-electron chi connectivity index (χ3n) is 7.06. The fourth-order valence-corrected chi connectivity index (χ4v) is 5.21. The van der Waals surface area contributed by atoms with Crippen molar-refractivity contribution in [1.29, 1.82) is 0 Å². The molecule has 1 aliphatic carbocycles. The first-order valence-corrected chi connectivity index (χ1v) is 12.4. The van der Waals surface area contributed by atoms with Crippen molar-refractivity contribution in [3.8, 4) is 11.5 Å². The molecule has 2 aromatic carbocycles. The Balaban J connectivity index is 1.29. The quantitative estimate of drug-likeness (QED) is 0.428. The number of carbonyl (C=O) groups is 1. The highest BCUT2D eigenvalue weighted by molar-refractivity contribution is 6.01. The number of aromatic hydroxyl groups is 1. The molecule has 0 unspecified atom stereocenters. The van der Waals surface area contributed by atoms with Crippen LogP contribution in [0.4, 0.5) is 0 Å². The number of phenolic OH excluding ortho intramolecular Hbond substituents is 1. The molecule has 180 valence electrons. The number of benzene rings is 2. The zero-order chi connectivity index (χ0) is 23.7. The van der Waals surface area contributed by atoms with Crippen molar-refractivity contribution in [2.45, 2.75) is 65.1 Å². The second kappa shape index (κ2) is 9.66. The summed E-state index contributed by atoms with van der Waals surface area (Å²) in [5.74, 6) is 1.31. The van der Waals surface area contributed by atoms with Crippen molar-refractivity contribution in [2.24, 2.45) is 5.92 Å². The van der Waals surface area contributed by atoms with Crippen LogP contribution in [0.25, 0.3) is 10.9 Å². The standard InChI is InChI=1S/C27H34N4O3/c1-17(2)28-9-10-34-21-8-7-19-15-31(16-20(19)12-21)27(33)23-13-22-24(11-18-5-3-4-6-18)29-30-25(22)14-26(23)32/h7-8,12-14,17-18,28,32H,3-6,9-11,15-16H2,1-2H3,(H,29,30). The van der Waals surface area contributed by atoms with Crippen LogP contribution in [0, 0.1) is 5.92 Å². The van der Waals surface area contributed by atoms with E-state index in [0.717, 1.165) is 46.4 Å². The number of hydrogen-bond acceptors (Lipinski definition) is 5. The van der Waals surface area contributed by atoms with Crippen molar-refractivity contribution in [2.75, 3.05) is 13.2 Å². The van der Waals surface area contributed by atoms with Crippen LogP contribution in [0.3, 0.4) is 0 Å². The SMILES string of the molecule is CC(C)NCCOc1ccc2c(c1)CN(C(=O)c1cc3c(CC4CCCC4)n[nH]c3cc1O)C2. The van der Waals surface area contributed by atoms with Crippen molar-refractivity contribution in [1.82, 2.24) is 20.4 Å². The lowest BCUT2D eigenvalue weighted by Gasteiger charge is -2.16. The van der Waals surface area contributed by atoms with Gasteiger partial charge in [0.15, 0.2) is 0 Å². The zero-order valence-electron chi connectivity index (χ0n) is 20.1. The Kier molecular flexibility index (Phi) is 6.46. The molecule has 5 rings (SSSR count). The first kappa shape index (κ1) is 22.7. The number of aromatic amines is 1. The van der Waals surface area contributed by atoms with E-state index in [2.05, 4.69) is 29.4 Å². The van der Waals surface area contributed by atoms with Crippen LogP contribution in [0.1, 0.15) is 66.7 Å². The van der Waals surface area contributed by atoms with Gasteiger partial charge in [0.25, 0.3) is 5.91 Å². The molecule has 34 heavy (non-hydrogen) atoms. The minimum absolute atomic E-state index is 0.00815. The van der Waals surface area contributed by atoms with Gasteiger partial charge in [0.1, 0.15) is 18.1 Å². The predicted octanol–water partition coefficient (Wildman–Crippen LogP) is 4.53. The van der Waals surface area contributed by atoms with Crippen molar-refractivity contribution in [3.63, 3.8) is 0 Å². The third kappa shape index (κ3) is 4.75. The molecule has 1 fully saturated rings. The minimum Gasteiger partial charge on any atom is -0.507 e. The lowest BCUT2D eigenvalue weighted by atomic mass is 9.99. The highest BCUT2D eigenvalue weighted by atomic mass is 16.5. The molecule has 7 heteroatoms. The summed E-state index contributed by atoms with van der Waals surface area (Å²) < 4.78 is 5.87. The lowest BCUT2D eigenvalue weighted by Crippen LogP contribution is -2.27. The van der Waals surface area contributed by atoms with Crippen LogP contribution in [0.5, 0.6) is 11.5 Å².